The molecule has 0 radical (unpaired) electrons. The number of amides is 1. The number of hydrogen-bond acceptors (Lipinski definition) is 2. The van der Waals surface area contributed by atoms with Crippen LogP contribution in [0.15, 0.2) is 67.1 Å². The first-order valence-electron chi connectivity index (χ1n) is 9.20. The van der Waals surface area contributed by atoms with Crippen molar-refractivity contribution in [2.24, 2.45) is 7.05 Å². The molecule has 0 fully saturated rings. The van der Waals surface area contributed by atoms with Crippen LogP contribution in [0.1, 0.15) is 34.7 Å². The number of aromatic nitrogens is 3. The summed E-state index contributed by atoms with van der Waals surface area (Å²) in [5.41, 5.74) is 2.24. The summed E-state index contributed by atoms with van der Waals surface area (Å²) in [6.07, 6.45) is 5.33. The van der Waals surface area contributed by atoms with E-state index in [-0.39, 0.29) is 11.7 Å². The van der Waals surface area contributed by atoms with Gasteiger partial charge in [-0.2, -0.15) is 0 Å². The number of carbonyl (C=O) groups excluding carboxylic acids is 1. The van der Waals surface area contributed by atoms with Crippen LogP contribution in [0.25, 0.3) is 10.9 Å². The molecule has 4 aromatic rings. The number of aryl methyl sites for hydroxylation is 2. The largest absolute Gasteiger partial charge is 0.347 e. The lowest BCUT2D eigenvalue weighted by Crippen LogP contribution is -2.31. The van der Waals surface area contributed by atoms with Crippen LogP contribution in [0.4, 0.5) is 4.39 Å². The summed E-state index contributed by atoms with van der Waals surface area (Å²) >= 11 is 0. The van der Waals surface area contributed by atoms with Gasteiger partial charge >= 0.3 is 0 Å². The van der Waals surface area contributed by atoms with Crippen LogP contribution < -0.4 is 5.32 Å². The molecule has 2 heterocycles. The fourth-order valence-electron chi connectivity index (χ4n) is 3.54. The lowest BCUT2D eigenvalue weighted by molar-refractivity contribution is 0.0942. The fourth-order valence-corrected chi connectivity index (χ4v) is 3.54. The molecule has 6 heteroatoms. The molecular formula is C22H21FN4O. The Balaban J connectivity index is 1.76. The zero-order valence-corrected chi connectivity index (χ0v) is 15.8. The number of nitrogens with zero attached hydrogens (tertiary/aromatic N) is 3. The predicted molar refractivity (Wildman–Crippen MR) is 107 cm³/mol. The molecule has 4 rings (SSSR count). The molecule has 0 saturated carbocycles. The second kappa shape index (κ2) is 7.31. The summed E-state index contributed by atoms with van der Waals surface area (Å²) in [5.74, 6) is 0.0624. The van der Waals surface area contributed by atoms with E-state index in [4.69, 9.17) is 0 Å². The van der Waals surface area contributed by atoms with Crippen LogP contribution in [-0.2, 0) is 13.6 Å². The van der Waals surface area contributed by atoms with Crippen molar-refractivity contribution in [3.63, 3.8) is 0 Å². The molecule has 1 atom stereocenters. The van der Waals surface area contributed by atoms with Gasteiger partial charge in [0.1, 0.15) is 17.7 Å². The number of benzene rings is 2. The van der Waals surface area contributed by atoms with Crippen molar-refractivity contribution in [1.29, 1.82) is 0 Å². The number of hydrogen-bond donors (Lipinski definition) is 1. The van der Waals surface area contributed by atoms with E-state index >= 15 is 0 Å². The van der Waals surface area contributed by atoms with E-state index in [0.717, 1.165) is 17.4 Å². The lowest BCUT2D eigenvalue weighted by atomic mass is 10.0. The zero-order valence-electron chi connectivity index (χ0n) is 15.8. The Bertz CT molecular complexity index is 1140. The smallest absolute Gasteiger partial charge is 0.254 e. The molecule has 0 bridgehead atoms. The summed E-state index contributed by atoms with van der Waals surface area (Å²) in [6, 6.07) is 13.5. The van der Waals surface area contributed by atoms with E-state index in [2.05, 4.69) is 10.3 Å². The average molecular weight is 376 g/mol. The van der Waals surface area contributed by atoms with Crippen molar-refractivity contribution < 1.29 is 9.18 Å². The normalized spacial score (nSPS) is 12.2. The Morgan fingerprint density at radius 1 is 1.21 bits per heavy atom. The number of rotatable bonds is 5. The average Bonchev–Trinajstić information content (AvgIpc) is 3.29. The van der Waals surface area contributed by atoms with Gasteiger partial charge in [-0.25, -0.2) is 9.37 Å². The molecule has 0 aliphatic rings. The van der Waals surface area contributed by atoms with Crippen molar-refractivity contribution in [3.8, 4) is 0 Å². The number of para-hydroxylation sites is 1. The minimum Gasteiger partial charge on any atom is -0.347 e. The van der Waals surface area contributed by atoms with E-state index in [0.29, 0.717) is 17.0 Å². The van der Waals surface area contributed by atoms with Crippen molar-refractivity contribution in [2.45, 2.75) is 19.5 Å². The van der Waals surface area contributed by atoms with Crippen molar-refractivity contribution in [2.75, 3.05) is 0 Å². The Kier molecular flexibility index (Phi) is 4.69. The maximum atomic E-state index is 13.8. The van der Waals surface area contributed by atoms with Crippen molar-refractivity contribution in [1.82, 2.24) is 19.4 Å². The van der Waals surface area contributed by atoms with E-state index in [1.54, 1.807) is 24.5 Å². The number of carbonyl (C=O) groups is 1. The Hall–Kier alpha value is -3.41. The second-order valence-electron chi connectivity index (χ2n) is 6.70. The molecule has 5 nitrogen and oxygen atoms in total. The first-order valence-corrected chi connectivity index (χ1v) is 9.20. The van der Waals surface area contributed by atoms with E-state index < -0.39 is 6.04 Å². The second-order valence-corrected chi connectivity index (χ2v) is 6.70. The highest BCUT2D eigenvalue weighted by molar-refractivity contribution is 6.07. The predicted octanol–water partition coefficient (Wildman–Crippen LogP) is 4.05. The Morgan fingerprint density at radius 3 is 2.75 bits per heavy atom. The van der Waals surface area contributed by atoms with Gasteiger partial charge in [-0.05, 0) is 30.7 Å². The molecule has 28 heavy (non-hydrogen) atoms. The summed E-state index contributed by atoms with van der Waals surface area (Å²) in [7, 11) is 1.85. The van der Waals surface area contributed by atoms with Gasteiger partial charge in [-0.3, -0.25) is 4.79 Å². The van der Waals surface area contributed by atoms with Gasteiger partial charge in [0.05, 0.1) is 5.56 Å². The maximum Gasteiger partial charge on any atom is 0.254 e. The van der Waals surface area contributed by atoms with Gasteiger partial charge in [0.15, 0.2) is 0 Å². The van der Waals surface area contributed by atoms with Gasteiger partial charge in [0.2, 0.25) is 0 Å². The van der Waals surface area contributed by atoms with Crippen LogP contribution in [0.2, 0.25) is 0 Å². The van der Waals surface area contributed by atoms with Crippen LogP contribution in [0.3, 0.4) is 0 Å². The fraction of sp³-hybridized carbons (Fsp3) is 0.182. The van der Waals surface area contributed by atoms with Crippen LogP contribution >= 0.6 is 0 Å². The summed E-state index contributed by atoms with van der Waals surface area (Å²) < 4.78 is 17.7. The Morgan fingerprint density at radius 2 is 2.04 bits per heavy atom. The third kappa shape index (κ3) is 3.17. The molecule has 2 aromatic heterocycles. The van der Waals surface area contributed by atoms with Gasteiger partial charge in [-0.15, -0.1) is 0 Å². The van der Waals surface area contributed by atoms with E-state index in [9.17, 15) is 9.18 Å². The van der Waals surface area contributed by atoms with Gasteiger partial charge in [0.25, 0.3) is 5.91 Å². The van der Waals surface area contributed by atoms with Crippen LogP contribution in [-0.4, -0.2) is 20.0 Å². The molecule has 1 amide bonds. The monoisotopic (exact) mass is 376 g/mol. The van der Waals surface area contributed by atoms with Crippen molar-refractivity contribution >= 4 is 16.8 Å². The minimum atomic E-state index is -0.563. The minimum absolute atomic E-state index is 0.222. The molecule has 0 aliphatic heterocycles. The molecule has 2 aromatic carbocycles. The van der Waals surface area contributed by atoms with Crippen molar-refractivity contribution in [3.05, 3.63) is 89.9 Å². The number of imidazole rings is 1. The molecule has 1 N–H and O–H groups in total. The third-order valence-corrected chi connectivity index (χ3v) is 4.95. The number of nitrogens with one attached hydrogen (secondary N) is 1. The molecule has 0 aliphatic carbocycles. The van der Waals surface area contributed by atoms with E-state index in [1.807, 2.05) is 53.6 Å². The maximum absolute atomic E-state index is 13.8. The first-order chi connectivity index (χ1) is 13.6. The molecule has 0 saturated heterocycles. The highest BCUT2D eigenvalue weighted by Crippen LogP contribution is 2.25. The SMILES string of the molecule is CCn1cc(C(=O)NC(c2cccc(F)c2)c2nccn2C)c2ccccc21. The topological polar surface area (TPSA) is 51.9 Å². The summed E-state index contributed by atoms with van der Waals surface area (Å²) in [6.45, 7) is 2.80. The third-order valence-electron chi connectivity index (χ3n) is 4.95. The van der Waals surface area contributed by atoms with E-state index in [1.165, 1.54) is 12.1 Å². The highest BCUT2D eigenvalue weighted by Gasteiger charge is 2.23. The summed E-state index contributed by atoms with van der Waals surface area (Å²) in [4.78, 5) is 17.6. The summed E-state index contributed by atoms with van der Waals surface area (Å²) in [5, 5.41) is 3.94. The molecule has 0 spiro atoms. The number of fused-ring (bicyclic) bond motifs is 1. The zero-order chi connectivity index (χ0) is 19.7. The Labute approximate surface area is 162 Å². The van der Waals surface area contributed by atoms with Gasteiger partial charge < -0.3 is 14.5 Å². The highest BCUT2D eigenvalue weighted by atomic mass is 19.1. The van der Waals surface area contributed by atoms with Gasteiger partial charge in [0, 0.05) is 43.1 Å². The lowest BCUT2D eigenvalue weighted by Gasteiger charge is -2.19. The quantitative estimate of drug-likeness (QED) is 0.571. The first kappa shape index (κ1) is 18.0. The molecule has 142 valence electrons. The number of halogens is 1. The van der Waals surface area contributed by atoms with Crippen LogP contribution in [0.5, 0.6) is 0 Å². The van der Waals surface area contributed by atoms with Crippen LogP contribution in [0, 0.1) is 5.82 Å². The van der Waals surface area contributed by atoms with Gasteiger partial charge in [-0.1, -0.05) is 30.3 Å². The molecule has 1 unspecified atom stereocenters. The molecular weight excluding hydrogens is 355 g/mol. The standard InChI is InChI=1S/C22H21FN4O/c1-3-27-14-18(17-9-4-5-10-19(17)27)22(28)25-20(21-24-11-12-26(21)2)15-7-6-8-16(23)13-15/h4-14,20H,3H2,1-2H3,(H,25,28).